The van der Waals surface area contributed by atoms with Crippen LogP contribution in [-0.4, -0.2) is 18.0 Å². The average molecular weight is 371 g/mol. The molecule has 0 aliphatic carbocycles. The van der Waals surface area contributed by atoms with Crippen LogP contribution in [0.5, 0.6) is 5.75 Å². The maximum Gasteiger partial charge on any atom is 0.256 e. The second kappa shape index (κ2) is 6.34. The number of rotatable bonds is 4. The second-order valence-corrected chi connectivity index (χ2v) is 6.57. The van der Waals surface area contributed by atoms with Gasteiger partial charge in [-0.3, -0.25) is 4.79 Å². The number of ether oxygens (including phenoxy) is 1. The molecule has 0 radical (unpaired) electrons. The van der Waals surface area contributed by atoms with Gasteiger partial charge in [0.05, 0.1) is 22.1 Å². The van der Waals surface area contributed by atoms with Crippen LogP contribution in [0.1, 0.15) is 15.9 Å². The van der Waals surface area contributed by atoms with Crippen LogP contribution >= 0.6 is 39.5 Å². The van der Waals surface area contributed by atoms with E-state index in [1.165, 1.54) is 18.4 Å². The minimum atomic E-state index is -0.242. The molecule has 1 aromatic carbocycles. The van der Waals surface area contributed by atoms with Crippen molar-refractivity contribution in [3.05, 3.63) is 44.6 Å². The Labute approximate surface area is 134 Å². The fourth-order valence-electron chi connectivity index (χ4n) is 1.65. The number of thiophene rings is 1. The predicted molar refractivity (Wildman–Crippen MR) is 88.9 cm³/mol. The number of hydrogen-bond acceptors (Lipinski definition) is 4. The maximum atomic E-state index is 12.2. The third-order valence-corrected chi connectivity index (χ3v) is 4.30. The maximum absolute atomic E-state index is 12.2. The molecule has 0 saturated carbocycles. The van der Waals surface area contributed by atoms with E-state index in [1.54, 1.807) is 29.6 Å². The SMILES string of the molecule is COc1cccc(C(N)=S)c1NC(=O)c1csc(Br)c1. The van der Waals surface area contributed by atoms with E-state index in [-0.39, 0.29) is 10.9 Å². The monoisotopic (exact) mass is 370 g/mol. The summed E-state index contributed by atoms with van der Waals surface area (Å²) in [4.78, 5) is 12.4. The molecule has 0 saturated heterocycles. The van der Waals surface area contributed by atoms with Gasteiger partial charge in [0.25, 0.3) is 5.91 Å². The fraction of sp³-hybridized carbons (Fsp3) is 0.0769. The first kappa shape index (κ1) is 15.0. The number of nitrogens with one attached hydrogen (secondary N) is 1. The Morgan fingerprint density at radius 3 is 2.80 bits per heavy atom. The third-order valence-electron chi connectivity index (χ3n) is 2.58. The number of methoxy groups -OCH3 is 1. The normalized spacial score (nSPS) is 10.1. The van der Waals surface area contributed by atoms with E-state index < -0.39 is 0 Å². The van der Waals surface area contributed by atoms with Crippen LogP contribution in [0.2, 0.25) is 0 Å². The smallest absolute Gasteiger partial charge is 0.256 e. The first-order valence-corrected chi connectivity index (χ1v) is 7.63. The van der Waals surface area contributed by atoms with Crippen molar-refractivity contribution < 1.29 is 9.53 Å². The van der Waals surface area contributed by atoms with Crippen molar-refractivity contribution in [2.75, 3.05) is 12.4 Å². The van der Waals surface area contributed by atoms with Crippen LogP contribution < -0.4 is 15.8 Å². The molecule has 7 heteroatoms. The number of amides is 1. The fourth-order valence-corrected chi connectivity index (χ4v) is 2.96. The summed E-state index contributed by atoms with van der Waals surface area (Å²) >= 11 is 9.76. The van der Waals surface area contributed by atoms with E-state index in [4.69, 9.17) is 22.7 Å². The lowest BCUT2D eigenvalue weighted by atomic mass is 10.1. The first-order valence-electron chi connectivity index (χ1n) is 5.55. The highest BCUT2D eigenvalue weighted by molar-refractivity contribution is 9.11. The van der Waals surface area contributed by atoms with Gasteiger partial charge in [0.1, 0.15) is 10.7 Å². The van der Waals surface area contributed by atoms with Gasteiger partial charge in [0.2, 0.25) is 0 Å². The molecule has 2 rings (SSSR count). The Balaban J connectivity index is 2.37. The zero-order chi connectivity index (χ0) is 14.7. The average Bonchev–Trinajstić information content (AvgIpc) is 2.85. The van der Waals surface area contributed by atoms with Crippen LogP contribution in [0.25, 0.3) is 0 Å². The van der Waals surface area contributed by atoms with Gasteiger partial charge < -0.3 is 15.8 Å². The zero-order valence-electron chi connectivity index (χ0n) is 10.5. The van der Waals surface area contributed by atoms with E-state index in [9.17, 15) is 4.79 Å². The summed E-state index contributed by atoms with van der Waals surface area (Å²) in [6.45, 7) is 0. The number of thiocarbonyl (C=S) groups is 1. The topological polar surface area (TPSA) is 64.3 Å². The number of anilines is 1. The minimum absolute atomic E-state index is 0.200. The van der Waals surface area contributed by atoms with E-state index in [0.717, 1.165) is 3.79 Å². The van der Waals surface area contributed by atoms with Gasteiger partial charge in [-0.2, -0.15) is 0 Å². The standard InChI is InChI=1S/C13H11BrN2O2S2/c1-18-9-4-2-3-8(12(15)19)11(9)16-13(17)7-5-10(14)20-6-7/h2-6H,1H3,(H2,15,19)(H,16,17). The second-order valence-electron chi connectivity index (χ2n) is 3.84. The summed E-state index contributed by atoms with van der Waals surface area (Å²) in [6, 6.07) is 6.99. The van der Waals surface area contributed by atoms with Gasteiger partial charge in [-0.25, -0.2) is 0 Å². The van der Waals surface area contributed by atoms with Crippen LogP contribution in [0.3, 0.4) is 0 Å². The Kier molecular flexibility index (Phi) is 4.74. The molecule has 3 N–H and O–H groups in total. The minimum Gasteiger partial charge on any atom is -0.495 e. The summed E-state index contributed by atoms with van der Waals surface area (Å²) < 4.78 is 6.13. The summed E-state index contributed by atoms with van der Waals surface area (Å²) in [5.74, 6) is 0.270. The van der Waals surface area contributed by atoms with E-state index in [1.807, 2.05) is 0 Å². The van der Waals surface area contributed by atoms with Crippen molar-refractivity contribution in [1.82, 2.24) is 0 Å². The summed E-state index contributed by atoms with van der Waals surface area (Å²) in [5, 5.41) is 4.55. The summed E-state index contributed by atoms with van der Waals surface area (Å²) in [5.41, 5.74) is 7.29. The molecule has 0 aliphatic heterocycles. The van der Waals surface area contributed by atoms with Crippen LogP contribution in [0.4, 0.5) is 5.69 Å². The number of carbonyl (C=O) groups excluding carboxylic acids is 1. The molecule has 104 valence electrons. The Bertz CT molecular complexity index is 670. The number of nitrogens with two attached hydrogens (primary N) is 1. The molecule has 0 bridgehead atoms. The molecule has 1 heterocycles. The van der Waals surface area contributed by atoms with Gasteiger partial charge in [-0.15, -0.1) is 11.3 Å². The number of para-hydroxylation sites is 1. The van der Waals surface area contributed by atoms with Crippen LogP contribution in [-0.2, 0) is 0 Å². The number of halogens is 1. The molecule has 0 aliphatic rings. The molecule has 1 amide bonds. The number of carbonyl (C=O) groups is 1. The van der Waals surface area contributed by atoms with Crippen LogP contribution in [0.15, 0.2) is 33.4 Å². The van der Waals surface area contributed by atoms with Crippen LogP contribution in [0, 0.1) is 0 Å². The van der Waals surface area contributed by atoms with Crippen molar-refractivity contribution >= 4 is 56.1 Å². The van der Waals surface area contributed by atoms with Gasteiger partial charge in [-0.1, -0.05) is 18.3 Å². The highest BCUT2D eigenvalue weighted by atomic mass is 79.9. The van der Waals surface area contributed by atoms with Gasteiger partial charge in [-0.05, 0) is 34.1 Å². The molecule has 4 nitrogen and oxygen atoms in total. The molecule has 0 fully saturated rings. The number of benzene rings is 1. The van der Waals surface area contributed by atoms with E-state index >= 15 is 0 Å². The molecule has 20 heavy (non-hydrogen) atoms. The van der Waals surface area contributed by atoms with Gasteiger partial charge >= 0.3 is 0 Å². The lowest BCUT2D eigenvalue weighted by molar-refractivity contribution is 0.102. The van der Waals surface area contributed by atoms with Crippen molar-refractivity contribution in [3.8, 4) is 5.75 Å². The largest absolute Gasteiger partial charge is 0.495 e. The van der Waals surface area contributed by atoms with Gasteiger partial charge in [0.15, 0.2) is 0 Å². The highest BCUT2D eigenvalue weighted by Gasteiger charge is 2.16. The van der Waals surface area contributed by atoms with Crippen molar-refractivity contribution in [1.29, 1.82) is 0 Å². The Hall–Kier alpha value is -1.44. The molecule has 0 atom stereocenters. The number of hydrogen-bond donors (Lipinski definition) is 2. The quantitative estimate of drug-likeness (QED) is 0.809. The summed E-state index contributed by atoms with van der Waals surface area (Å²) in [7, 11) is 1.52. The van der Waals surface area contributed by atoms with E-state index in [0.29, 0.717) is 22.6 Å². The Morgan fingerprint density at radius 2 is 2.25 bits per heavy atom. The van der Waals surface area contributed by atoms with Crippen molar-refractivity contribution in [3.63, 3.8) is 0 Å². The molecule has 0 spiro atoms. The van der Waals surface area contributed by atoms with Crippen molar-refractivity contribution in [2.45, 2.75) is 0 Å². The van der Waals surface area contributed by atoms with Gasteiger partial charge in [0, 0.05) is 10.9 Å². The molecular weight excluding hydrogens is 360 g/mol. The first-order chi connectivity index (χ1) is 9.52. The predicted octanol–water partition coefficient (Wildman–Crippen LogP) is 3.41. The molecule has 2 aromatic rings. The lowest BCUT2D eigenvalue weighted by Crippen LogP contribution is -2.18. The lowest BCUT2D eigenvalue weighted by Gasteiger charge is -2.13. The van der Waals surface area contributed by atoms with Crippen molar-refractivity contribution in [2.24, 2.45) is 5.73 Å². The Morgan fingerprint density at radius 1 is 1.50 bits per heavy atom. The summed E-state index contributed by atoms with van der Waals surface area (Å²) in [6.07, 6.45) is 0. The molecule has 1 aromatic heterocycles. The van der Waals surface area contributed by atoms with E-state index in [2.05, 4.69) is 21.2 Å². The molecular formula is C13H11BrN2O2S2. The third kappa shape index (κ3) is 3.17. The zero-order valence-corrected chi connectivity index (χ0v) is 13.7. The highest BCUT2D eigenvalue weighted by Crippen LogP contribution is 2.29. The molecule has 0 unspecified atom stereocenters.